The van der Waals surface area contributed by atoms with E-state index in [1.807, 2.05) is 0 Å². The van der Waals surface area contributed by atoms with Gasteiger partial charge in [-0.05, 0) is 38.1 Å². The zero-order valence-corrected chi connectivity index (χ0v) is 14.7. The van der Waals surface area contributed by atoms with E-state index in [1.165, 1.54) is 35.6 Å². The Hall–Kier alpha value is -1.55. The lowest BCUT2D eigenvalue weighted by Crippen LogP contribution is -2.53. The van der Waals surface area contributed by atoms with Crippen LogP contribution in [0.2, 0.25) is 0 Å². The summed E-state index contributed by atoms with van der Waals surface area (Å²) in [5, 5.41) is 2.54. The second kappa shape index (κ2) is 7.56. The summed E-state index contributed by atoms with van der Waals surface area (Å²) < 4.78 is 45.8. The van der Waals surface area contributed by atoms with Gasteiger partial charge in [-0.3, -0.25) is 4.79 Å². The van der Waals surface area contributed by atoms with E-state index in [-0.39, 0.29) is 31.8 Å². The number of rotatable bonds is 5. The van der Waals surface area contributed by atoms with Gasteiger partial charge in [-0.1, -0.05) is 0 Å². The molecule has 1 aliphatic rings. The largest absolute Gasteiger partial charge is 0.373 e. The highest BCUT2D eigenvalue weighted by Gasteiger charge is 2.34. The second-order valence-corrected chi connectivity index (χ2v) is 7.93. The molecule has 0 unspecified atom stereocenters. The van der Waals surface area contributed by atoms with E-state index >= 15 is 0 Å². The first-order valence-electron chi connectivity index (χ1n) is 7.61. The van der Waals surface area contributed by atoms with Gasteiger partial charge in [0.15, 0.2) is 0 Å². The first-order valence-corrected chi connectivity index (χ1v) is 9.00. The van der Waals surface area contributed by atoms with Crippen LogP contribution in [0.3, 0.4) is 0 Å². The molecule has 1 aromatic carbocycles. The maximum atomic E-state index is 12.8. The van der Waals surface area contributed by atoms with Crippen molar-refractivity contribution in [2.24, 2.45) is 0 Å². The number of hydrogen-bond acceptors (Lipinski definition) is 4. The van der Waals surface area contributed by atoms with Crippen LogP contribution in [0.1, 0.15) is 13.8 Å². The minimum atomic E-state index is -3.76. The van der Waals surface area contributed by atoms with Crippen molar-refractivity contribution in [2.75, 3.05) is 32.0 Å². The SMILES string of the molecule is C[C@H]1CN(S(=O)(=O)N(C)CC(=O)Nc2ccc(F)cc2)C[C@H](C)O1. The summed E-state index contributed by atoms with van der Waals surface area (Å²) in [6.07, 6.45) is -0.407. The highest BCUT2D eigenvalue weighted by Crippen LogP contribution is 2.16. The van der Waals surface area contributed by atoms with Crippen LogP contribution >= 0.6 is 0 Å². The number of benzene rings is 1. The Morgan fingerprint density at radius 3 is 2.38 bits per heavy atom. The lowest BCUT2D eigenvalue weighted by molar-refractivity contribution is -0.116. The molecule has 0 spiro atoms. The van der Waals surface area contributed by atoms with Crippen molar-refractivity contribution in [2.45, 2.75) is 26.1 Å². The molecule has 1 fully saturated rings. The van der Waals surface area contributed by atoms with Crippen LogP contribution in [-0.2, 0) is 19.7 Å². The van der Waals surface area contributed by atoms with Crippen LogP contribution in [0.4, 0.5) is 10.1 Å². The van der Waals surface area contributed by atoms with Gasteiger partial charge in [0, 0.05) is 25.8 Å². The van der Waals surface area contributed by atoms with Gasteiger partial charge in [0.1, 0.15) is 5.82 Å². The average Bonchev–Trinajstić information content (AvgIpc) is 2.48. The van der Waals surface area contributed by atoms with Crippen molar-refractivity contribution >= 4 is 21.8 Å². The minimum absolute atomic E-state index is 0.204. The molecule has 7 nitrogen and oxygen atoms in total. The Balaban J connectivity index is 1.98. The molecule has 1 amide bonds. The molecule has 0 saturated carbocycles. The van der Waals surface area contributed by atoms with E-state index in [0.717, 1.165) is 4.31 Å². The van der Waals surface area contributed by atoms with Gasteiger partial charge in [0.2, 0.25) is 5.91 Å². The molecule has 9 heteroatoms. The molecule has 1 aliphatic heterocycles. The van der Waals surface area contributed by atoms with Gasteiger partial charge in [0.05, 0.1) is 18.8 Å². The molecule has 0 bridgehead atoms. The maximum absolute atomic E-state index is 12.8. The fourth-order valence-electron chi connectivity index (χ4n) is 2.53. The van der Waals surface area contributed by atoms with E-state index in [2.05, 4.69) is 5.32 Å². The van der Waals surface area contributed by atoms with Crippen molar-refractivity contribution in [3.8, 4) is 0 Å². The van der Waals surface area contributed by atoms with Crippen molar-refractivity contribution in [1.82, 2.24) is 8.61 Å². The Kier molecular flexibility index (Phi) is 5.92. The number of anilines is 1. The lowest BCUT2D eigenvalue weighted by Gasteiger charge is -2.36. The van der Waals surface area contributed by atoms with E-state index in [9.17, 15) is 17.6 Å². The summed E-state index contributed by atoms with van der Waals surface area (Å²) in [6, 6.07) is 5.25. The van der Waals surface area contributed by atoms with Crippen LogP contribution in [0.5, 0.6) is 0 Å². The van der Waals surface area contributed by atoms with Gasteiger partial charge in [-0.15, -0.1) is 0 Å². The second-order valence-electron chi connectivity index (χ2n) is 5.89. The monoisotopic (exact) mass is 359 g/mol. The standard InChI is InChI=1S/C15H22FN3O4S/c1-11-8-19(9-12(2)23-11)24(21,22)18(3)10-15(20)17-14-6-4-13(16)5-7-14/h4-7,11-12H,8-10H2,1-3H3,(H,17,20)/t11-,12-/m0/s1. The van der Waals surface area contributed by atoms with Gasteiger partial charge >= 0.3 is 0 Å². The number of carbonyl (C=O) groups is 1. The maximum Gasteiger partial charge on any atom is 0.282 e. The van der Waals surface area contributed by atoms with Gasteiger partial charge in [-0.25, -0.2) is 4.39 Å². The summed E-state index contributed by atoms with van der Waals surface area (Å²) >= 11 is 0. The molecule has 1 N–H and O–H groups in total. The van der Waals surface area contributed by atoms with Crippen molar-refractivity contribution < 1.29 is 22.3 Å². The molecular weight excluding hydrogens is 337 g/mol. The molecular formula is C15H22FN3O4S. The van der Waals surface area contributed by atoms with Gasteiger partial charge < -0.3 is 10.1 Å². The molecule has 24 heavy (non-hydrogen) atoms. The van der Waals surface area contributed by atoms with E-state index in [0.29, 0.717) is 5.69 Å². The molecule has 2 rings (SSSR count). The molecule has 134 valence electrons. The first-order chi connectivity index (χ1) is 11.2. The zero-order valence-electron chi connectivity index (χ0n) is 13.9. The summed E-state index contributed by atoms with van der Waals surface area (Å²) in [5.74, 6) is -0.912. The smallest absolute Gasteiger partial charge is 0.282 e. The third-order valence-electron chi connectivity index (χ3n) is 3.60. The highest BCUT2D eigenvalue weighted by atomic mass is 32.2. The Bertz CT molecular complexity index is 670. The number of morpholine rings is 1. The molecule has 1 saturated heterocycles. The average molecular weight is 359 g/mol. The number of hydrogen-bond donors (Lipinski definition) is 1. The lowest BCUT2D eigenvalue weighted by atomic mass is 10.3. The fraction of sp³-hybridized carbons (Fsp3) is 0.533. The van der Waals surface area contributed by atoms with Crippen LogP contribution in [0.15, 0.2) is 24.3 Å². The molecule has 1 heterocycles. The molecule has 0 radical (unpaired) electrons. The summed E-state index contributed by atoms with van der Waals surface area (Å²) in [4.78, 5) is 12.0. The van der Waals surface area contributed by atoms with E-state index < -0.39 is 21.9 Å². The third-order valence-corrected chi connectivity index (χ3v) is 5.47. The summed E-state index contributed by atoms with van der Waals surface area (Å²) in [5.41, 5.74) is 0.404. The Morgan fingerprint density at radius 2 is 1.83 bits per heavy atom. The first kappa shape index (κ1) is 18.8. The van der Waals surface area contributed by atoms with Crippen molar-refractivity contribution in [3.63, 3.8) is 0 Å². The molecule has 0 aliphatic carbocycles. The number of likely N-dealkylation sites (N-methyl/N-ethyl adjacent to an activating group) is 1. The fourth-order valence-corrected chi connectivity index (χ4v) is 4.01. The Morgan fingerprint density at radius 1 is 1.29 bits per heavy atom. The van der Waals surface area contributed by atoms with E-state index in [4.69, 9.17) is 4.74 Å². The molecule has 1 aromatic rings. The normalized spacial score (nSPS) is 22.5. The summed E-state index contributed by atoms with van der Waals surface area (Å²) in [7, 11) is -2.40. The van der Waals surface area contributed by atoms with Crippen LogP contribution < -0.4 is 5.32 Å². The van der Waals surface area contributed by atoms with Crippen LogP contribution in [-0.4, -0.2) is 61.8 Å². The number of carbonyl (C=O) groups excluding carboxylic acids is 1. The minimum Gasteiger partial charge on any atom is -0.373 e. The zero-order chi connectivity index (χ0) is 17.9. The van der Waals surface area contributed by atoms with Gasteiger partial charge in [0.25, 0.3) is 10.2 Å². The predicted molar refractivity (Wildman–Crippen MR) is 88.2 cm³/mol. The highest BCUT2D eigenvalue weighted by molar-refractivity contribution is 7.86. The molecule has 2 atom stereocenters. The quantitative estimate of drug-likeness (QED) is 0.852. The van der Waals surface area contributed by atoms with Crippen LogP contribution in [0, 0.1) is 5.82 Å². The van der Waals surface area contributed by atoms with Crippen LogP contribution in [0.25, 0.3) is 0 Å². The third kappa shape index (κ3) is 4.73. The summed E-state index contributed by atoms with van der Waals surface area (Å²) in [6.45, 7) is 3.77. The number of nitrogens with zero attached hydrogens (tertiary/aromatic N) is 2. The number of amides is 1. The van der Waals surface area contributed by atoms with E-state index in [1.54, 1.807) is 13.8 Å². The number of nitrogens with one attached hydrogen (secondary N) is 1. The Labute approximate surface area is 141 Å². The predicted octanol–water partition coefficient (Wildman–Crippen LogP) is 1.05. The van der Waals surface area contributed by atoms with Crippen molar-refractivity contribution in [3.05, 3.63) is 30.1 Å². The number of ether oxygens (including phenoxy) is 1. The van der Waals surface area contributed by atoms with Gasteiger partial charge in [-0.2, -0.15) is 17.0 Å². The van der Waals surface area contributed by atoms with Crippen molar-refractivity contribution in [1.29, 1.82) is 0 Å². The molecule has 0 aromatic heterocycles. The number of halogens is 1. The topological polar surface area (TPSA) is 79.0 Å².